The molecule has 9 heteroatoms. The Morgan fingerprint density at radius 2 is 2.04 bits per heavy atom. The van der Waals surface area contributed by atoms with Gasteiger partial charge in [0.1, 0.15) is 0 Å². The van der Waals surface area contributed by atoms with Crippen LogP contribution in [0.5, 0.6) is 0 Å². The molecule has 1 atom stereocenters. The number of nitrogens with one attached hydrogen (secondary N) is 1. The third-order valence-electron chi connectivity index (χ3n) is 4.69. The zero-order chi connectivity index (χ0) is 17.5. The van der Waals surface area contributed by atoms with Crippen LogP contribution in [0.3, 0.4) is 0 Å². The molecular formula is C16H26N6O3. The summed E-state index contributed by atoms with van der Waals surface area (Å²) in [4.78, 5) is 28.6. The van der Waals surface area contributed by atoms with Gasteiger partial charge in [-0.3, -0.25) is 9.48 Å². The van der Waals surface area contributed by atoms with E-state index in [4.69, 9.17) is 4.74 Å². The first kappa shape index (κ1) is 17.7. The molecule has 2 fully saturated rings. The van der Waals surface area contributed by atoms with Crippen LogP contribution < -0.4 is 5.32 Å². The molecule has 1 aromatic rings. The van der Waals surface area contributed by atoms with E-state index in [1.165, 1.54) is 0 Å². The topological polar surface area (TPSA) is 92.6 Å². The molecule has 138 valence electrons. The van der Waals surface area contributed by atoms with Crippen molar-refractivity contribution in [2.24, 2.45) is 5.92 Å². The summed E-state index contributed by atoms with van der Waals surface area (Å²) in [5, 5.41) is 10.6. The zero-order valence-electron chi connectivity index (χ0n) is 14.5. The summed E-state index contributed by atoms with van der Waals surface area (Å²) in [7, 11) is 0. The van der Waals surface area contributed by atoms with Crippen LogP contribution in [0.2, 0.25) is 0 Å². The van der Waals surface area contributed by atoms with Crippen LogP contribution in [-0.2, 0) is 16.1 Å². The van der Waals surface area contributed by atoms with Crippen molar-refractivity contribution >= 4 is 11.9 Å². The Morgan fingerprint density at radius 3 is 2.80 bits per heavy atom. The lowest BCUT2D eigenvalue weighted by atomic mass is 9.96. The smallest absolute Gasteiger partial charge is 0.317 e. The first-order valence-electron chi connectivity index (χ1n) is 8.97. The van der Waals surface area contributed by atoms with Crippen molar-refractivity contribution in [3.63, 3.8) is 0 Å². The number of hydrogen-bond donors (Lipinski definition) is 1. The van der Waals surface area contributed by atoms with Crippen LogP contribution in [0.4, 0.5) is 4.79 Å². The fourth-order valence-corrected chi connectivity index (χ4v) is 3.31. The predicted molar refractivity (Wildman–Crippen MR) is 89.7 cm³/mol. The highest BCUT2D eigenvalue weighted by molar-refractivity contribution is 5.81. The van der Waals surface area contributed by atoms with Crippen LogP contribution in [-0.4, -0.2) is 82.7 Å². The highest BCUT2D eigenvalue weighted by atomic mass is 16.5. The van der Waals surface area contributed by atoms with Gasteiger partial charge >= 0.3 is 6.03 Å². The van der Waals surface area contributed by atoms with Gasteiger partial charge in [0.2, 0.25) is 5.91 Å². The maximum absolute atomic E-state index is 12.6. The average Bonchev–Trinajstić information content (AvgIpc) is 3.19. The van der Waals surface area contributed by atoms with E-state index in [0.717, 1.165) is 25.8 Å². The zero-order valence-corrected chi connectivity index (χ0v) is 14.5. The highest BCUT2D eigenvalue weighted by Crippen LogP contribution is 2.19. The average molecular weight is 350 g/mol. The van der Waals surface area contributed by atoms with Gasteiger partial charge in [-0.05, 0) is 19.3 Å². The molecule has 2 saturated heterocycles. The number of morpholine rings is 1. The summed E-state index contributed by atoms with van der Waals surface area (Å²) >= 11 is 0. The lowest BCUT2D eigenvalue weighted by molar-refractivity contribution is -0.141. The van der Waals surface area contributed by atoms with Crippen molar-refractivity contribution in [3.8, 4) is 0 Å². The van der Waals surface area contributed by atoms with Gasteiger partial charge in [-0.1, -0.05) is 5.21 Å². The Labute approximate surface area is 147 Å². The van der Waals surface area contributed by atoms with E-state index in [-0.39, 0.29) is 17.9 Å². The minimum absolute atomic E-state index is 0.0851. The molecular weight excluding hydrogens is 324 g/mol. The number of amides is 3. The Balaban J connectivity index is 1.40. The minimum Gasteiger partial charge on any atom is -0.378 e. The number of nitrogens with zero attached hydrogens (tertiary/aromatic N) is 5. The van der Waals surface area contributed by atoms with Crippen molar-refractivity contribution in [2.75, 3.05) is 45.9 Å². The first-order chi connectivity index (χ1) is 12.2. The molecule has 0 aromatic carbocycles. The molecule has 3 amide bonds. The summed E-state index contributed by atoms with van der Waals surface area (Å²) in [6, 6.07) is -0.0851. The van der Waals surface area contributed by atoms with E-state index in [1.807, 2.05) is 4.90 Å². The third kappa shape index (κ3) is 4.91. The summed E-state index contributed by atoms with van der Waals surface area (Å²) in [6.45, 7) is 5.04. The molecule has 3 heterocycles. The van der Waals surface area contributed by atoms with Crippen LogP contribution >= 0.6 is 0 Å². The Morgan fingerprint density at radius 1 is 1.20 bits per heavy atom. The van der Waals surface area contributed by atoms with Gasteiger partial charge < -0.3 is 19.9 Å². The summed E-state index contributed by atoms with van der Waals surface area (Å²) in [6.07, 6.45) is 5.95. The van der Waals surface area contributed by atoms with Crippen molar-refractivity contribution in [3.05, 3.63) is 12.4 Å². The maximum atomic E-state index is 12.6. The quantitative estimate of drug-likeness (QED) is 0.752. The molecule has 3 rings (SSSR count). The van der Waals surface area contributed by atoms with Crippen molar-refractivity contribution < 1.29 is 14.3 Å². The number of piperidine rings is 1. The molecule has 25 heavy (non-hydrogen) atoms. The van der Waals surface area contributed by atoms with E-state index < -0.39 is 0 Å². The molecule has 2 aliphatic rings. The first-order valence-corrected chi connectivity index (χ1v) is 8.97. The molecule has 0 bridgehead atoms. The molecule has 0 radical (unpaired) electrons. The molecule has 0 unspecified atom stereocenters. The Bertz CT molecular complexity index is 558. The maximum Gasteiger partial charge on any atom is 0.317 e. The molecule has 1 N–H and O–H groups in total. The minimum atomic E-state index is -0.0900. The molecule has 0 aliphatic carbocycles. The number of aryl methyl sites for hydroxylation is 1. The molecule has 0 spiro atoms. The third-order valence-corrected chi connectivity index (χ3v) is 4.69. The lowest BCUT2D eigenvalue weighted by Gasteiger charge is -2.36. The summed E-state index contributed by atoms with van der Waals surface area (Å²) in [5.41, 5.74) is 0. The second kappa shape index (κ2) is 8.80. The Kier molecular flexibility index (Phi) is 6.21. The molecule has 1 aromatic heterocycles. The van der Waals surface area contributed by atoms with E-state index in [0.29, 0.717) is 45.9 Å². The summed E-state index contributed by atoms with van der Waals surface area (Å²) < 4.78 is 7.04. The molecule has 2 aliphatic heterocycles. The standard InChI is InChI=1S/C16H26N6O3/c23-15(20-9-11-25-12-10-20)14-3-1-6-21(13-14)16(24)17-4-2-7-22-8-5-18-19-22/h5,8,14H,1-4,6-7,9-13H2,(H,17,24)/t14-/m1/s1. The van der Waals surface area contributed by atoms with Crippen LogP contribution in [0, 0.1) is 5.92 Å². The van der Waals surface area contributed by atoms with Crippen molar-refractivity contribution in [1.82, 2.24) is 30.1 Å². The Hall–Kier alpha value is -2.16. The van der Waals surface area contributed by atoms with Crippen LogP contribution in [0.25, 0.3) is 0 Å². The van der Waals surface area contributed by atoms with Gasteiger partial charge in [0.05, 0.1) is 25.3 Å². The number of carbonyl (C=O) groups is 2. The number of urea groups is 1. The highest BCUT2D eigenvalue weighted by Gasteiger charge is 2.31. The number of likely N-dealkylation sites (tertiary alicyclic amines) is 1. The second-order valence-electron chi connectivity index (χ2n) is 6.47. The van der Waals surface area contributed by atoms with Crippen LogP contribution in [0.15, 0.2) is 12.4 Å². The number of carbonyl (C=O) groups excluding carboxylic acids is 2. The fourth-order valence-electron chi connectivity index (χ4n) is 3.31. The van der Waals surface area contributed by atoms with E-state index in [9.17, 15) is 9.59 Å². The SMILES string of the molecule is O=C(NCCCn1ccnn1)N1CCC[C@@H](C(=O)N2CCOCC2)C1. The van der Waals surface area contributed by atoms with E-state index in [2.05, 4.69) is 15.6 Å². The number of rotatable bonds is 5. The number of ether oxygens (including phenoxy) is 1. The van der Waals surface area contributed by atoms with Gasteiger partial charge in [-0.2, -0.15) is 0 Å². The number of hydrogen-bond acceptors (Lipinski definition) is 5. The molecule has 0 saturated carbocycles. The normalized spacial score (nSPS) is 21.2. The van der Waals surface area contributed by atoms with Gasteiger partial charge in [-0.25, -0.2) is 4.79 Å². The summed E-state index contributed by atoms with van der Waals surface area (Å²) in [5.74, 6) is 0.0692. The van der Waals surface area contributed by atoms with E-state index >= 15 is 0 Å². The van der Waals surface area contributed by atoms with Crippen LogP contribution in [0.1, 0.15) is 19.3 Å². The van der Waals surface area contributed by atoms with Gasteiger partial charge in [-0.15, -0.1) is 5.10 Å². The van der Waals surface area contributed by atoms with Gasteiger partial charge in [0, 0.05) is 45.5 Å². The second-order valence-corrected chi connectivity index (χ2v) is 6.47. The van der Waals surface area contributed by atoms with Crippen molar-refractivity contribution in [2.45, 2.75) is 25.8 Å². The predicted octanol–water partition coefficient (Wildman–Crippen LogP) is -0.0514. The van der Waals surface area contributed by atoms with E-state index in [1.54, 1.807) is 22.0 Å². The van der Waals surface area contributed by atoms with Gasteiger partial charge in [0.25, 0.3) is 0 Å². The number of aromatic nitrogens is 3. The van der Waals surface area contributed by atoms with Crippen molar-refractivity contribution in [1.29, 1.82) is 0 Å². The van der Waals surface area contributed by atoms with Gasteiger partial charge in [0.15, 0.2) is 0 Å². The monoisotopic (exact) mass is 350 g/mol. The lowest BCUT2D eigenvalue weighted by Crippen LogP contribution is -2.51. The fraction of sp³-hybridized carbons (Fsp3) is 0.750. The largest absolute Gasteiger partial charge is 0.378 e. The molecule has 9 nitrogen and oxygen atoms in total.